The van der Waals surface area contributed by atoms with Crippen LogP contribution in [0.15, 0.2) is 47.9 Å². The average molecular weight is 288 g/mol. The largest absolute Gasteiger partial charge is 0.223 e. The van der Waals surface area contributed by atoms with Crippen molar-refractivity contribution in [3.8, 4) is 11.8 Å². The molecule has 1 aromatic rings. The quantitative estimate of drug-likeness (QED) is 0.630. The van der Waals surface area contributed by atoms with Gasteiger partial charge in [0.25, 0.3) is 0 Å². The molecule has 20 heavy (non-hydrogen) atoms. The maximum absolute atomic E-state index is 12.7. The molecule has 0 bridgehead atoms. The summed E-state index contributed by atoms with van der Waals surface area (Å²) in [4.78, 5) is 0.347. The molecule has 0 saturated heterocycles. The lowest BCUT2D eigenvalue weighted by molar-refractivity contribution is 0.569. The van der Waals surface area contributed by atoms with E-state index in [0.717, 1.165) is 0 Å². The molecule has 1 aromatic carbocycles. The predicted octanol–water partition coefficient (Wildman–Crippen LogP) is 3.45. The van der Waals surface area contributed by atoms with Crippen LogP contribution >= 0.6 is 0 Å². The second-order valence-electron chi connectivity index (χ2n) is 6.25. The smallest absolute Gasteiger partial charge is 0.188 e. The fraction of sp³-hybridized carbons (Fsp3) is 0.412. The van der Waals surface area contributed by atoms with Gasteiger partial charge in [-0.15, -0.1) is 6.58 Å². The van der Waals surface area contributed by atoms with Gasteiger partial charge in [-0.05, 0) is 39.3 Å². The third-order valence-corrected chi connectivity index (χ3v) is 5.98. The number of hydrogen-bond donors (Lipinski definition) is 0. The second kappa shape index (κ2) is 4.79. The van der Waals surface area contributed by atoms with Crippen molar-refractivity contribution < 1.29 is 8.42 Å². The summed E-state index contributed by atoms with van der Waals surface area (Å²) in [6, 6.07) is 8.55. The van der Waals surface area contributed by atoms with Gasteiger partial charge in [0.2, 0.25) is 0 Å². The number of hydrogen-bond acceptors (Lipinski definition) is 2. The fourth-order valence-electron chi connectivity index (χ4n) is 2.19. The topological polar surface area (TPSA) is 34.1 Å². The molecular formula is C17H20O2S. The Morgan fingerprint density at radius 2 is 1.90 bits per heavy atom. The van der Waals surface area contributed by atoms with Gasteiger partial charge < -0.3 is 0 Å². The minimum Gasteiger partial charge on any atom is -0.223 e. The summed E-state index contributed by atoms with van der Waals surface area (Å²) >= 11 is 0. The third kappa shape index (κ3) is 2.53. The molecule has 2 rings (SSSR count). The van der Waals surface area contributed by atoms with E-state index in [1.54, 1.807) is 30.3 Å². The van der Waals surface area contributed by atoms with Crippen molar-refractivity contribution in [1.29, 1.82) is 0 Å². The summed E-state index contributed by atoms with van der Waals surface area (Å²) in [6.07, 6.45) is 2.09. The van der Waals surface area contributed by atoms with E-state index in [9.17, 15) is 8.42 Å². The molecule has 1 aliphatic carbocycles. The molecule has 1 saturated carbocycles. The minimum atomic E-state index is -3.41. The zero-order chi connectivity index (χ0) is 15.0. The summed E-state index contributed by atoms with van der Waals surface area (Å²) < 4.78 is 24.6. The van der Waals surface area contributed by atoms with E-state index < -0.39 is 14.6 Å². The second-order valence-corrected chi connectivity index (χ2v) is 8.49. The van der Waals surface area contributed by atoms with Gasteiger partial charge in [-0.1, -0.05) is 36.1 Å². The minimum absolute atomic E-state index is 0.119. The van der Waals surface area contributed by atoms with E-state index in [0.29, 0.717) is 11.3 Å². The first-order valence-corrected chi connectivity index (χ1v) is 8.17. The van der Waals surface area contributed by atoms with Crippen molar-refractivity contribution in [3.05, 3.63) is 43.0 Å². The van der Waals surface area contributed by atoms with E-state index in [4.69, 9.17) is 0 Å². The highest BCUT2D eigenvalue weighted by molar-refractivity contribution is 7.93. The lowest BCUT2D eigenvalue weighted by Crippen LogP contribution is -2.23. The molecule has 0 N–H and O–H groups in total. The van der Waals surface area contributed by atoms with Crippen LogP contribution in [-0.2, 0) is 9.84 Å². The van der Waals surface area contributed by atoms with Crippen LogP contribution in [0.3, 0.4) is 0 Å². The van der Waals surface area contributed by atoms with E-state index in [1.807, 2.05) is 26.8 Å². The fourth-order valence-corrected chi connectivity index (χ4v) is 4.18. The zero-order valence-corrected chi connectivity index (χ0v) is 13.0. The van der Waals surface area contributed by atoms with Crippen LogP contribution in [0.25, 0.3) is 0 Å². The summed E-state index contributed by atoms with van der Waals surface area (Å²) in [6.45, 7) is 9.79. The monoisotopic (exact) mass is 288 g/mol. The van der Waals surface area contributed by atoms with Gasteiger partial charge in [0.05, 0.1) is 4.90 Å². The molecule has 106 valence electrons. The Balaban J connectivity index is 2.36. The van der Waals surface area contributed by atoms with Gasteiger partial charge in [0.1, 0.15) is 4.75 Å². The summed E-state index contributed by atoms with van der Waals surface area (Å²) in [5, 5.41) is 0. The first kappa shape index (κ1) is 14.9. The normalized spacial score (nSPS) is 25.4. The van der Waals surface area contributed by atoms with Crippen molar-refractivity contribution in [3.63, 3.8) is 0 Å². The molecule has 0 spiro atoms. The molecule has 0 radical (unpaired) electrons. The van der Waals surface area contributed by atoms with Gasteiger partial charge in [0, 0.05) is 11.3 Å². The average Bonchev–Trinajstić information content (AvgIpc) is 3.12. The molecule has 1 aliphatic rings. The van der Waals surface area contributed by atoms with E-state index >= 15 is 0 Å². The summed E-state index contributed by atoms with van der Waals surface area (Å²) in [5.41, 5.74) is -0.119. The van der Waals surface area contributed by atoms with Crippen LogP contribution in [0.5, 0.6) is 0 Å². The highest BCUT2D eigenvalue weighted by atomic mass is 32.2. The zero-order valence-electron chi connectivity index (χ0n) is 12.2. The Labute approximate surface area is 121 Å². The van der Waals surface area contributed by atoms with Gasteiger partial charge in [-0.2, -0.15) is 0 Å². The van der Waals surface area contributed by atoms with Crippen molar-refractivity contribution in [2.45, 2.75) is 36.8 Å². The number of rotatable bonds is 3. The maximum atomic E-state index is 12.7. The third-order valence-electron chi connectivity index (χ3n) is 3.47. The Morgan fingerprint density at radius 1 is 1.30 bits per heavy atom. The van der Waals surface area contributed by atoms with Crippen molar-refractivity contribution >= 4 is 9.84 Å². The van der Waals surface area contributed by atoms with Gasteiger partial charge >= 0.3 is 0 Å². The molecule has 3 heteroatoms. The maximum Gasteiger partial charge on any atom is 0.188 e. The van der Waals surface area contributed by atoms with Crippen LogP contribution in [-0.4, -0.2) is 13.2 Å². The van der Waals surface area contributed by atoms with E-state index in [1.165, 1.54) is 0 Å². The molecular weight excluding hydrogens is 268 g/mol. The molecule has 0 unspecified atom stereocenters. The lowest BCUT2D eigenvalue weighted by atomic mass is 9.98. The van der Waals surface area contributed by atoms with Gasteiger partial charge in [0.15, 0.2) is 9.84 Å². The van der Waals surface area contributed by atoms with E-state index in [-0.39, 0.29) is 11.3 Å². The van der Waals surface area contributed by atoms with Crippen LogP contribution in [0.4, 0.5) is 0 Å². The van der Waals surface area contributed by atoms with Crippen LogP contribution in [0, 0.1) is 23.2 Å². The molecule has 2 atom stereocenters. The first-order chi connectivity index (χ1) is 9.23. The van der Waals surface area contributed by atoms with E-state index in [2.05, 4.69) is 18.4 Å². The lowest BCUT2D eigenvalue weighted by Gasteiger charge is -2.13. The summed E-state index contributed by atoms with van der Waals surface area (Å²) in [5.74, 6) is 6.10. The molecule has 0 heterocycles. The molecule has 0 aromatic heterocycles. The molecule has 2 nitrogen and oxygen atoms in total. The van der Waals surface area contributed by atoms with Crippen LogP contribution < -0.4 is 0 Å². The van der Waals surface area contributed by atoms with Crippen molar-refractivity contribution in [2.24, 2.45) is 11.3 Å². The number of benzene rings is 1. The Morgan fingerprint density at radius 3 is 2.40 bits per heavy atom. The van der Waals surface area contributed by atoms with Crippen LogP contribution in [0.1, 0.15) is 27.2 Å². The molecule has 0 aliphatic heterocycles. The van der Waals surface area contributed by atoms with Crippen LogP contribution in [0.2, 0.25) is 0 Å². The Bertz CT molecular complexity index is 669. The number of sulfone groups is 1. The first-order valence-electron chi connectivity index (χ1n) is 6.69. The summed E-state index contributed by atoms with van der Waals surface area (Å²) in [7, 11) is -3.41. The standard InChI is InChI=1S/C17H20O2S/c1-5-17(13-14(17)11-12-16(2,3)4)20(18,19)15-9-7-6-8-10-15/h5-10,14H,1,13H2,2-4H3/t14-,17-/m0/s1. The van der Waals surface area contributed by atoms with Gasteiger partial charge in [-0.3, -0.25) is 0 Å². The molecule has 0 amide bonds. The highest BCUT2D eigenvalue weighted by Gasteiger charge is 2.61. The Hall–Kier alpha value is -1.53. The van der Waals surface area contributed by atoms with Crippen molar-refractivity contribution in [2.75, 3.05) is 0 Å². The SMILES string of the molecule is C=C[C@]1(S(=O)(=O)c2ccccc2)C[C@@H]1C#CC(C)(C)C. The predicted molar refractivity (Wildman–Crippen MR) is 81.9 cm³/mol. The Kier molecular flexibility index (Phi) is 3.56. The van der Waals surface area contributed by atoms with Crippen molar-refractivity contribution in [1.82, 2.24) is 0 Å². The highest BCUT2D eigenvalue weighted by Crippen LogP contribution is 2.53. The molecule has 1 fully saturated rings. The van der Waals surface area contributed by atoms with Gasteiger partial charge in [-0.25, -0.2) is 8.42 Å².